The van der Waals surface area contributed by atoms with Gasteiger partial charge < -0.3 is 30.1 Å². The van der Waals surface area contributed by atoms with Crippen LogP contribution in [0.2, 0.25) is 0 Å². The summed E-state index contributed by atoms with van der Waals surface area (Å²) in [6.07, 6.45) is -4.47. The van der Waals surface area contributed by atoms with Crippen LogP contribution in [0.4, 0.5) is 18.9 Å². The highest BCUT2D eigenvalue weighted by molar-refractivity contribution is 5.96. The monoisotopic (exact) mass is 732 g/mol. The van der Waals surface area contributed by atoms with E-state index in [2.05, 4.69) is 10.6 Å². The number of nitrogens with one attached hydrogen (secondary N) is 2. The number of ether oxygens (including phenoxy) is 2. The van der Waals surface area contributed by atoms with E-state index < -0.39 is 58.7 Å². The molecule has 2 heterocycles. The number of benzene rings is 3. The summed E-state index contributed by atoms with van der Waals surface area (Å²) in [6, 6.07) is 19.1. The third-order valence-electron chi connectivity index (χ3n) is 10.1. The van der Waals surface area contributed by atoms with E-state index in [0.29, 0.717) is 34.5 Å². The lowest BCUT2D eigenvalue weighted by Crippen LogP contribution is -2.56. The van der Waals surface area contributed by atoms with Crippen LogP contribution in [0.25, 0.3) is 22.2 Å². The molecule has 1 saturated heterocycles. The van der Waals surface area contributed by atoms with Gasteiger partial charge in [-0.05, 0) is 48.1 Å². The highest BCUT2D eigenvalue weighted by atomic mass is 19.4. The number of methoxy groups -OCH3 is 1. The average molecular weight is 733 g/mol. The second-order valence-electron chi connectivity index (χ2n) is 14.8. The number of fused-ring (bicyclic) bond motifs is 1. The number of hydrogen-bond donors (Lipinski definition) is 3. The number of carbonyl (C=O) groups is 3. The number of pyridine rings is 1. The lowest BCUT2D eigenvalue weighted by atomic mass is 9.85. The molecular formula is C40H43F3N4O6. The number of alkyl halides is 3. The fourth-order valence-electron chi connectivity index (χ4n) is 7.07. The minimum atomic E-state index is -4.59. The van der Waals surface area contributed by atoms with Crippen molar-refractivity contribution in [1.29, 1.82) is 0 Å². The maximum absolute atomic E-state index is 14.6. The van der Waals surface area contributed by atoms with Crippen LogP contribution in [0.1, 0.15) is 52.5 Å². The Balaban J connectivity index is 1.36. The predicted molar refractivity (Wildman–Crippen MR) is 193 cm³/mol. The fourth-order valence-corrected chi connectivity index (χ4v) is 7.07. The van der Waals surface area contributed by atoms with Gasteiger partial charge in [0.05, 0.1) is 30.4 Å². The number of carboxylic acid groups (broad SMARTS) is 1. The first kappa shape index (κ1) is 37.4. The summed E-state index contributed by atoms with van der Waals surface area (Å²) < 4.78 is 52.9. The molecule has 13 heteroatoms. The molecule has 53 heavy (non-hydrogen) atoms. The van der Waals surface area contributed by atoms with Crippen molar-refractivity contribution in [1.82, 2.24) is 15.2 Å². The predicted octanol–water partition coefficient (Wildman–Crippen LogP) is 7.17. The topological polar surface area (TPSA) is 130 Å². The highest BCUT2D eigenvalue weighted by Crippen LogP contribution is 2.46. The molecule has 10 nitrogen and oxygen atoms in total. The van der Waals surface area contributed by atoms with Crippen LogP contribution in [-0.2, 0) is 20.6 Å². The molecule has 1 saturated carbocycles. The van der Waals surface area contributed by atoms with Gasteiger partial charge in [0.25, 0.3) is 0 Å². The Labute approximate surface area is 305 Å². The molecule has 3 aromatic carbocycles. The number of aliphatic carboxylic acids is 1. The molecule has 2 aliphatic rings. The van der Waals surface area contributed by atoms with E-state index in [4.69, 9.17) is 14.5 Å². The SMILES string of the molecule is CC[C@@H]1C[C@]1(NC(=O)[C@@H]1C[C@@H](Oc2cc(-c3ccccc3)nc3cc(OC)ccc23)CN1C(=O)[C@@H](Nc1cccc(C(F)(F)F)c1)C(C)(C)C)C(=O)O. The molecule has 0 spiro atoms. The first-order valence-corrected chi connectivity index (χ1v) is 17.5. The molecule has 0 radical (unpaired) electrons. The quantitative estimate of drug-likeness (QED) is 0.148. The van der Waals surface area contributed by atoms with Crippen molar-refractivity contribution in [2.75, 3.05) is 19.0 Å². The second-order valence-corrected chi connectivity index (χ2v) is 14.8. The lowest BCUT2D eigenvalue weighted by molar-refractivity contribution is -0.146. The van der Waals surface area contributed by atoms with E-state index in [9.17, 15) is 32.7 Å². The van der Waals surface area contributed by atoms with Gasteiger partial charge in [0.1, 0.15) is 35.2 Å². The van der Waals surface area contributed by atoms with E-state index in [-0.39, 0.29) is 31.0 Å². The van der Waals surface area contributed by atoms with Gasteiger partial charge in [-0.1, -0.05) is 70.5 Å². The third kappa shape index (κ3) is 7.74. The molecule has 6 rings (SSSR count). The number of amides is 2. The van der Waals surface area contributed by atoms with Gasteiger partial charge in [-0.15, -0.1) is 0 Å². The zero-order valence-electron chi connectivity index (χ0n) is 30.2. The summed E-state index contributed by atoms with van der Waals surface area (Å²) in [5.41, 5.74) is -0.997. The number of rotatable bonds is 11. The molecule has 2 fully saturated rings. The van der Waals surface area contributed by atoms with E-state index in [1.54, 1.807) is 46.1 Å². The van der Waals surface area contributed by atoms with Crippen LogP contribution in [-0.4, -0.2) is 70.2 Å². The third-order valence-corrected chi connectivity index (χ3v) is 10.1. The first-order valence-electron chi connectivity index (χ1n) is 17.5. The van der Waals surface area contributed by atoms with Crippen LogP contribution >= 0.6 is 0 Å². The first-order chi connectivity index (χ1) is 25.0. The van der Waals surface area contributed by atoms with Crippen molar-refractivity contribution < 1.29 is 42.1 Å². The Hall–Kier alpha value is -5.33. The molecule has 0 bridgehead atoms. The van der Waals surface area contributed by atoms with Gasteiger partial charge in [-0.25, -0.2) is 9.78 Å². The minimum absolute atomic E-state index is 0.0329. The normalized spacial score (nSPS) is 21.9. The lowest BCUT2D eigenvalue weighted by Gasteiger charge is -2.36. The van der Waals surface area contributed by atoms with Gasteiger partial charge >= 0.3 is 12.1 Å². The number of likely N-dealkylation sites (tertiary alicyclic amines) is 1. The number of carboxylic acids is 1. The summed E-state index contributed by atoms with van der Waals surface area (Å²) in [7, 11) is 1.56. The van der Waals surface area contributed by atoms with Crippen molar-refractivity contribution in [3.05, 3.63) is 84.4 Å². The van der Waals surface area contributed by atoms with Gasteiger partial charge in [0.15, 0.2) is 0 Å². The molecule has 0 unspecified atom stereocenters. The zero-order chi connectivity index (χ0) is 38.3. The Bertz CT molecular complexity index is 2020. The molecule has 2 amide bonds. The highest BCUT2D eigenvalue weighted by Gasteiger charge is 2.61. The largest absolute Gasteiger partial charge is 0.497 e. The van der Waals surface area contributed by atoms with E-state index in [1.807, 2.05) is 43.3 Å². The van der Waals surface area contributed by atoms with Crippen molar-refractivity contribution in [2.45, 2.75) is 76.9 Å². The smallest absolute Gasteiger partial charge is 0.416 e. The number of nitrogens with zero attached hydrogens (tertiary/aromatic N) is 2. The van der Waals surface area contributed by atoms with Crippen LogP contribution in [0.3, 0.4) is 0 Å². The average Bonchev–Trinajstić information content (AvgIpc) is 3.69. The zero-order valence-corrected chi connectivity index (χ0v) is 30.2. The number of carbonyl (C=O) groups excluding carboxylic acids is 2. The molecule has 280 valence electrons. The summed E-state index contributed by atoms with van der Waals surface area (Å²) in [4.78, 5) is 47.3. The number of anilines is 1. The second kappa shape index (κ2) is 14.2. The summed E-state index contributed by atoms with van der Waals surface area (Å²) in [5, 5.41) is 16.5. The van der Waals surface area contributed by atoms with E-state index in [0.717, 1.165) is 17.7 Å². The van der Waals surface area contributed by atoms with Crippen LogP contribution in [0.5, 0.6) is 11.5 Å². The molecule has 1 aromatic heterocycles. The number of aromatic nitrogens is 1. The summed E-state index contributed by atoms with van der Waals surface area (Å²) in [5.74, 6) is -1.53. The number of halogens is 3. The van der Waals surface area contributed by atoms with Gasteiger partial charge in [-0.2, -0.15) is 13.2 Å². The Morgan fingerprint density at radius 1 is 1.02 bits per heavy atom. The van der Waals surface area contributed by atoms with E-state index in [1.165, 1.54) is 17.0 Å². The van der Waals surface area contributed by atoms with Crippen molar-refractivity contribution in [3.63, 3.8) is 0 Å². The van der Waals surface area contributed by atoms with Crippen molar-refractivity contribution in [2.24, 2.45) is 11.3 Å². The van der Waals surface area contributed by atoms with Gasteiger partial charge in [0.2, 0.25) is 11.8 Å². The molecule has 3 N–H and O–H groups in total. The molecule has 4 aromatic rings. The van der Waals surface area contributed by atoms with Gasteiger partial charge in [0, 0.05) is 35.2 Å². The Morgan fingerprint density at radius 3 is 2.38 bits per heavy atom. The fraction of sp³-hybridized carbons (Fsp3) is 0.400. The molecule has 5 atom stereocenters. The molecule has 1 aliphatic carbocycles. The number of hydrogen-bond acceptors (Lipinski definition) is 7. The summed E-state index contributed by atoms with van der Waals surface area (Å²) >= 11 is 0. The Kier molecular flexibility index (Phi) is 10.1. The van der Waals surface area contributed by atoms with Crippen LogP contribution in [0.15, 0.2) is 78.9 Å². The van der Waals surface area contributed by atoms with Crippen molar-refractivity contribution in [3.8, 4) is 22.8 Å². The standard InChI is InChI=1S/C40H43F3N4O6/c1-6-24-21-39(24,37(50)51)46-35(48)32-19-28(22-47(32)36(49)34(38(2,3)4)44-26-14-10-13-25(17-26)40(41,42)43)53-33-20-30(23-11-8-7-9-12-23)45-31-18-27(52-5)15-16-29(31)33/h7-18,20,24,28,32,34,44H,6,19,21-22H2,1-5H3,(H,46,48)(H,50,51)/t24-,28-,32+,34-,39-/m1/s1. The van der Waals surface area contributed by atoms with Gasteiger partial charge in [-0.3, -0.25) is 9.59 Å². The molecular weight excluding hydrogens is 689 g/mol. The Morgan fingerprint density at radius 2 is 1.75 bits per heavy atom. The maximum atomic E-state index is 14.6. The van der Waals surface area contributed by atoms with Crippen LogP contribution in [0, 0.1) is 11.3 Å². The molecule has 1 aliphatic heterocycles. The van der Waals surface area contributed by atoms with Crippen LogP contribution < -0.4 is 20.1 Å². The minimum Gasteiger partial charge on any atom is -0.497 e. The maximum Gasteiger partial charge on any atom is 0.416 e. The van der Waals surface area contributed by atoms with Crippen molar-refractivity contribution >= 4 is 34.4 Å². The summed E-state index contributed by atoms with van der Waals surface area (Å²) in [6.45, 7) is 7.11. The van der Waals surface area contributed by atoms with E-state index >= 15 is 0 Å².